The van der Waals surface area contributed by atoms with Crippen LogP contribution < -0.4 is 11.0 Å². The molecule has 3 rings (SSSR count). The second kappa shape index (κ2) is 6.34. The molecule has 0 bridgehead atoms. The van der Waals surface area contributed by atoms with E-state index < -0.39 is 0 Å². The van der Waals surface area contributed by atoms with E-state index in [1.54, 1.807) is 12.1 Å². The third-order valence-electron chi connectivity index (χ3n) is 3.70. The first-order valence-corrected chi connectivity index (χ1v) is 8.34. The van der Waals surface area contributed by atoms with Crippen molar-refractivity contribution in [2.75, 3.05) is 5.43 Å². The maximum absolute atomic E-state index is 12.4. The van der Waals surface area contributed by atoms with Crippen molar-refractivity contribution < 1.29 is 4.79 Å². The van der Waals surface area contributed by atoms with Gasteiger partial charge < -0.3 is 0 Å². The molecule has 0 radical (unpaired) electrons. The van der Waals surface area contributed by atoms with Crippen LogP contribution in [0.2, 0.25) is 0 Å². The molecule has 3 aromatic rings. The van der Waals surface area contributed by atoms with Crippen LogP contribution in [0, 0.1) is 0 Å². The monoisotopic (exact) mass is 327 g/mol. The van der Waals surface area contributed by atoms with Gasteiger partial charge in [0.05, 0.1) is 5.39 Å². The van der Waals surface area contributed by atoms with Gasteiger partial charge in [0.2, 0.25) is 0 Å². The highest BCUT2D eigenvalue weighted by atomic mass is 32.1. The summed E-state index contributed by atoms with van der Waals surface area (Å²) >= 11 is 1.50. The van der Waals surface area contributed by atoms with Crippen molar-refractivity contribution in [3.63, 3.8) is 0 Å². The average Bonchev–Trinajstić information content (AvgIpc) is 3.01. The van der Waals surface area contributed by atoms with Crippen LogP contribution in [0.5, 0.6) is 0 Å². The molecule has 118 valence electrons. The Balaban J connectivity index is 1.89. The van der Waals surface area contributed by atoms with Crippen molar-refractivity contribution in [3.05, 3.63) is 63.0 Å². The molecule has 0 spiro atoms. The number of thiophene rings is 1. The van der Waals surface area contributed by atoms with Crippen molar-refractivity contribution in [2.24, 2.45) is 0 Å². The van der Waals surface area contributed by atoms with E-state index in [1.807, 2.05) is 25.1 Å². The first-order chi connectivity index (χ1) is 11.1. The lowest BCUT2D eigenvalue weighted by Gasteiger charge is -2.07. The highest BCUT2D eigenvalue weighted by Gasteiger charge is 2.11. The molecule has 1 N–H and O–H groups in total. The molecule has 0 saturated heterocycles. The van der Waals surface area contributed by atoms with E-state index in [1.165, 1.54) is 17.7 Å². The third kappa shape index (κ3) is 3.03. The molecule has 0 aliphatic carbocycles. The molecule has 0 fully saturated rings. The van der Waals surface area contributed by atoms with Crippen LogP contribution in [0.15, 0.2) is 41.5 Å². The molecule has 0 saturated carbocycles. The second-order valence-corrected chi connectivity index (χ2v) is 6.31. The second-order valence-electron chi connectivity index (χ2n) is 5.20. The fourth-order valence-electron chi connectivity index (χ4n) is 2.29. The minimum absolute atomic E-state index is 0.260. The lowest BCUT2D eigenvalue weighted by Crippen LogP contribution is -2.33. The van der Waals surface area contributed by atoms with Crippen molar-refractivity contribution in [2.45, 2.75) is 26.7 Å². The minimum Gasteiger partial charge on any atom is -0.267 e. The van der Waals surface area contributed by atoms with E-state index in [2.05, 4.69) is 17.3 Å². The number of carbonyl (C=O) groups excluding carboxylic acids is 1. The first kappa shape index (κ1) is 15.4. The quantitative estimate of drug-likeness (QED) is 0.801. The Labute approximate surface area is 137 Å². The first-order valence-electron chi connectivity index (χ1n) is 7.52. The topological polar surface area (TPSA) is 64.0 Å². The van der Waals surface area contributed by atoms with Gasteiger partial charge in [0, 0.05) is 10.4 Å². The van der Waals surface area contributed by atoms with Gasteiger partial charge in [0.15, 0.2) is 0 Å². The van der Waals surface area contributed by atoms with E-state index in [4.69, 9.17) is 0 Å². The Morgan fingerprint density at radius 1 is 1.22 bits per heavy atom. The molecule has 0 aliphatic heterocycles. The summed E-state index contributed by atoms with van der Waals surface area (Å²) in [4.78, 5) is 30.8. The summed E-state index contributed by atoms with van der Waals surface area (Å²) in [6, 6.07) is 9.17. The number of nitrogens with zero attached hydrogens (tertiary/aromatic N) is 2. The molecule has 0 aliphatic rings. The smallest absolute Gasteiger partial charge is 0.267 e. The van der Waals surface area contributed by atoms with Gasteiger partial charge in [-0.2, -0.15) is 0 Å². The number of fused-ring (bicyclic) bond motifs is 1. The lowest BCUT2D eigenvalue weighted by atomic mass is 10.1. The molecule has 1 amide bonds. The van der Waals surface area contributed by atoms with Crippen LogP contribution in [0.3, 0.4) is 0 Å². The molecule has 5 nitrogen and oxygen atoms in total. The van der Waals surface area contributed by atoms with Crippen LogP contribution >= 0.6 is 11.3 Å². The van der Waals surface area contributed by atoms with Crippen molar-refractivity contribution in [1.29, 1.82) is 0 Å². The Kier molecular flexibility index (Phi) is 4.25. The maximum atomic E-state index is 12.4. The van der Waals surface area contributed by atoms with E-state index in [0.29, 0.717) is 15.8 Å². The van der Waals surface area contributed by atoms with Gasteiger partial charge in [-0.25, -0.2) is 9.66 Å². The van der Waals surface area contributed by atoms with Crippen LogP contribution in [-0.2, 0) is 12.8 Å². The molecular formula is C17H17N3O2S. The Hall–Kier alpha value is -2.47. The molecule has 2 heterocycles. The molecule has 0 unspecified atom stereocenters. The number of benzene rings is 1. The predicted octanol–water partition coefficient (Wildman–Crippen LogP) is 2.97. The zero-order valence-corrected chi connectivity index (χ0v) is 13.8. The highest BCUT2D eigenvalue weighted by Crippen LogP contribution is 2.20. The highest BCUT2D eigenvalue weighted by molar-refractivity contribution is 7.18. The summed E-state index contributed by atoms with van der Waals surface area (Å²) in [5.41, 5.74) is 4.00. The molecule has 23 heavy (non-hydrogen) atoms. The number of carbonyl (C=O) groups is 1. The Morgan fingerprint density at radius 3 is 2.61 bits per heavy atom. The van der Waals surface area contributed by atoms with Crippen molar-refractivity contribution in [1.82, 2.24) is 9.66 Å². The van der Waals surface area contributed by atoms with Gasteiger partial charge in [-0.3, -0.25) is 15.0 Å². The van der Waals surface area contributed by atoms with Crippen LogP contribution in [-0.4, -0.2) is 15.6 Å². The summed E-state index contributed by atoms with van der Waals surface area (Å²) in [6.07, 6.45) is 3.13. The number of nitrogens with one attached hydrogen (secondary N) is 1. The third-order valence-corrected chi connectivity index (χ3v) is 4.89. The minimum atomic E-state index is -0.332. The van der Waals surface area contributed by atoms with Gasteiger partial charge in [-0.15, -0.1) is 11.3 Å². The van der Waals surface area contributed by atoms with Crippen molar-refractivity contribution in [3.8, 4) is 0 Å². The van der Waals surface area contributed by atoms with Gasteiger partial charge in [-0.1, -0.05) is 26.0 Å². The zero-order valence-electron chi connectivity index (χ0n) is 13.0. The van der Waals surface area contributed by atoms with Crippen molar-refractivity contribution >= 4 is 27.5 Å². The number of amides is 1. The number of aromatic nitrogens is 2. The Bertz CT molecular complexity index is 910. The summed E-state index contributed by atoms with van der Waals surface area (Å²) in [5, 5.41) is 0.538. The molecule has 6 heteroatoms. The average molecular weight is 327 g/mol. The lowest BCUT2D eigenvalue weighted by molar-refractivity contribution is 0.101. The fraction of sp³-hybridized carbons (Fsp3) is 0.235. The van der Waals surface area contributed by atoms with Gasteiger partial charge >= 0.3 is 0 Å². The molecule has 0 atom stereocenters. The molecular weight excluding hydrogens is 310 g/mol. The van der Waals surface area contributed by atoms with Gasteiger partial charge in [-0.05, 0) is 36.6 Å². The number of hydrogen-bond acceptors (Lipinski definition) is 4. The normalized spacial score (nSPS) is 10.9. The van der Waals surface area contributed by atoms with Crippen LogP contribution in [0.25, 0.3) is 10.2 Å². The van der Waals surface area contributed by atoms with E-state index in [0.717, 1.165) is 28.0 Å². The maximum Gasteiger partial charge on any atom is 0.280 e. The van der Waals surface area contributed by atoms with Crippen LogP contribution in [0.4, 0.5) is 0 Å². The summed E-state index contributed by atoms with van der Waals surface area (Å²) in [7, 11) is 0. The Morgan fingerprint density at radius 2 is 1.96 bits per heavy atom. The number of aryl methyl sites for hydroxylation is 2. The summed E-state index contributed by atoms with van der Waals surface area (Å²) in [6.45, 7) is 4.09. The van der Waals surface area contributed by atoms with E-state index in [9.17, 15) is 9.59 Å². The van der Waals surface area contributed by atoms with Gasteiger partial charge in [0.1, 0.15) is 11.2 Å². The van der Waals surface area contributed by atoms with E-state index >= 15 is 0 Å². The molecule has 1 aromatic carbocycles. The largest absolute Gasteiger partial charge is 0.280 e. The molecule has 2 aromatic heterocycles. The van der Waals surface area contributed by atoms with E-state index in [-0.39, 0.29) is 11.5 Å². The predicted molar refractivity (Wildman–Crippen MR) is 92.8 cm³/mol. The van der Waals surface area contributed by atoms with Crippen LogP contribution in [0.1, 0.15) is 34.6 Å². The standard InChI is InChI=1S/C17H17N3O2S/c1-3-11-5-7-12(8-6-11)15(21)19-20-10-18-16-14(17(20)22)9-13(4-2)23-16/h5-10H,3-4H2,1-2H3,(H,19,21). The summed E-state index contributed by atoms with van der Waals surface area (Å²) in [5.74, 6) is -0.332. The fourth-order valence-corrected chi connectivity index (χ4v) is 3.22. The number of rotatable bonds is 4. The summed E-state index contributed by atoms with van der Waals surface area (Å²) < 4.78 is 1.14. The zero-order chi connectivity index (χ0) is 16.4. The SMILES string of the molecule is CCc1ccc(C(=O)Nn2cnc3sc(CC)cc3c2=O)cc1. The van der Waals surface area contributed by atoms with Gasteiger partial charge in [0.25, 0.3) is 11.5 Å². The number of hydrogen-bond donors (Lipinski definition) is 1.